The number of aryl methyl sites for hydroxylation is 1. The minimum atomic E-state index is 0.561. The fraction of sp³-hybridized carbons (Fsp3) is 0.727. The van der Waals surface area contributed by atoms with Crippen LogP contribution in [-0.4, -0.2) is 16.1 Å². The highest BCUT2D eigenvalue weighted by molar-refractivity contribution is 5.26. The molecular formula is C11H19N3. The van der Waals surface area contributed by atoms with Crippen LogP contribution in [0.25, 0.3) is 0 Å². The van der Waals surface area contributed by atoms with E-state index in [1.54, 1.807) is 0 Å². The van der Waals surface area contributed by atoms with Crippen molar-refractivity contribution in [1.29, 1.82) is 0 Å². The van der Waals surface area contributed by atoms with E-state index in [4.69, 9.17) is 0 Å². The predicted molar refractivity (Wildman–Crippen MR) is 58.3 cm³/mol. The summed E-state index contributed by atoms with van der Waals surface area (Å²) in [7, 11) is 2.02. The van der Waals surface area contributed by atoms with Crippen molar-refractivity contribution in [2.75, 3.05) is 11.9 Å². The molecule has 0 aliphatic heterocycles. The topological polar surface area (TPSA) is 29.9 Å². The molecule has 1 N–H and O–H groups in total. The first kappa shape index (κ1) is 9.56. The molecule has 1 aromatic rings. The lowest BCUT2D eigenvalue weighted by molar-refractivity contribution is 0.144. The van der Waals surface area contributed by atoms with Gasteiger partial charge in [0, 0.05) is 26.0 Å². The largest absolute Gasteiger partial charge is 0.355 e. The summed E-state index contributed by atoms with van der Waals surface area (Å²) < 4.78 is 2.03. The van der Waals surface area contributed by atoms with E-state index in [1.807, 2.05) is 24.0 Å². The molecule has 0 aromatic carbocycles. The van der Waals surface area contributed by atoms with Gasteiger partial charge in [-0.1, -0.05) is 13.3 Å². The summed E-state index contributed by atoms with van der Waals surface area (Å²) in [6.07, 6.45) is 9.24. The number of imidazole rings is 1. The third-order valence-electron chi connectivity index (χ3n) is 3.61. The van der Waals surface area contributed by atoms with Gasteiger partial charge in [0.05, 0.1) is 0 Å². The van der Waals surface area contributed by atoms with E-state index in [9.17, 15) is 0 Å². The van der Waals surface area contributed by atoms with Gasteiger partial charge in [0.25, 0.3) is 0 Å². The Morgan fingerprint density at radius 1 is 1.57 bits per heavy atom. The lowest BCUT2D eigenvalue weighted by Crippen LogP contribution is -2.36. The van der Waals surface area contributed by atoms with Gasteiger partial charge in [0.15, 0.2) is 0 Å². The first-order chi connectivity index (χ1) is 6.76. The predicted octanol–water partition coefficient (Wildman–Crippen LogP) is 2.41. The minimum absolute atomic E-state index is 0.561. The van der Waals surface area contributed by atoms with Crippen LogP contribution in [-0.2, 0) is 7.05 Å². The molecule has 1 fully saturated rings. The second-order valence-electron chi connectivity index (χ2n) is 4.42. The normalized spacial score (nSPS) is 19.0. The Hall–Kier alpha value is -0.990. The van der Waals surface area contributed by atoms with Gasteiger partial charge in [-0.25, -0.2) is 4.98 Å². The van der Waals surface area contributed by atoms with Crippen molar-refractivity contribution in [2.45, 2.75) is 32.6 Å². The van der Waals surface area contributed by atoms with E-state index in [1.165, 1.54) is 25.7 Å². The van der Waals surface area contributed by atoms with Gasteiger partial charge < -0.3 is 9.88 Å². The van der Waals surface area contributed by atoms with Crippen molar-refractivity contribution in [3.8, 4) is 0 Å². The summed E-state index contributed by atoms with van der Waals surface area (Å²) >= 11 is 0. The summed E-state index contributed by atoms with van der Waals surface area (Å²) in [6, 6.07) is 0. The Balaban J connectivity index is 1.90. The molecule has 0 radical (unpaired) electrons. The molecule has 78 valence electrons. The molecule has 1 aliphatic rings. The molecule has 1 aromatic heterocycles. The van der Waals surface area contributed by atoms with Crippen LogP contribution < -0.4 is 5.32 Å². The third-order valence-corrected chi connectivity index (χ3v) is 3.61. The monoisotopic (exact) mass is 193 g/mol. The molecule has 0 bridgehead atoms. The number of hydrogen-bond acceptors (Lipinski definition) is 2. The maximum atomic E-state index is 4.26. The first-order valence-corrected chi connectivity index (χ1v) is 5.47. The highest BCUT2D eigenvalue weighted by Crippen LogP contribution is 2.43. The van der Waals surface area contributed by atoms with Gasteiger partial charge in [-0.3, -0.25) is 0 Å². The Bertz CT molecular complexity index is 294. The van der Waals surface area contributed by atoms with Crippen LogP contribution in [0.2, 0.25) is 0 Å². The summed E-state index contributed by atoms with van der Waals surface area (Å²) in [5.74, 6) is 0.990. The smallest absolute Gasteiger partial charge is 0.202 e. The van der Waals surface area contributed by atoms with Crippen LogP contribution in [0.15, 0.2) is 12.4 Å². The lowest BCUT2D eigenvalue weighted by Gasteiger charge is -2.41. The maximum Gasteiger partial charge on any atom is 0.202 e. The zero-order valence-corrected chi connectivity index (χ0v) is 9.08. The molecule has 14 heavy (non-hydrogen) atoms. The molecule has 0 unspecified atom stereocenters. The Kier molecular flexibility index (Phi) is 2.48. The molecule has 0 saturated heterocycles. The van der Waals surface area contributed by atoms with E-state index in [0.29, 0.717) is 5.41 Å². The van der Waals surface area contributed by atoms with E-state index >= 15 is 0 Å². The number of hydrogen-bond donors (Lipinski definition) is 1. The standard InChI is InChI=1S/C11H19N3/c1-3-11(5-4-6-11)9-13-10-12-7-8-14(10)2/h7-8H,3-6,9H2,1-2H3,(H,12,13). The van der Waals surface area contributed by atoms with Crippen LogP contribution >= 0.6 is 0 Å². The van der Waals surface area contributed by atoms with E-state index in [2.05, 4.69) is 17.2 Å². The molecule has 1 saturated carbocycles. The van der Waals surface area contributed by atoms with E-state index < -0.39 is 0 Å². The molecule has 3 nitrogen and oxygen atoms in total. The van der Waals surface area contributed by atoms with Crippen LogP contribution in [0.4, 0.5) is 5.95 Å². The lowest BCUT2D eigenvalue weighted by atomic mass is 9.67. The van der Waals surface area contributed by atoms with Gasteiger partial charge in [-0.05, 0) is 24.7 Å². The molecule has 0 spiro atoms. The Morgan fingerprint density at radius 3 is 2.79 bits per heavy atom. The highest BCUT2D eigenvalue weighted by Gasteiger charge is 2.34. The maximum absolute atomic E-state index is 4.26. The van der Waals surface area contributed by atoms with Crippen molar-refractivity contribution in [3.05, 3.63) is 12.4 Å². The third kappa shape index (κ3) is 1.63. The van der Waals surface area contributed by atoms with Crippen molar-refractivity contribution in [3.63, 3.8) is 0 Å². The zero-order chi connectivity index (χ0) is 10.0. The molecular weight excluding hydrogens is 174 g/mol. The number of nitrogens with zero attached hydrogens (tertiary/aromatic N) is 2. The quantitative estimate of drug-likeness (QED) is 0.795. The fourth-order valence-corrected chi connectivity index (χ4v) is 2.13. The average Bonchev–Trinajstić information content (AvgIpc) is 2.51. The van der Waals surface area contributed by atoms with E-state index in [0.717, 1.165) is 12.5 Å². The molecule has 1 aliphatic carbocycles. The van der Waals surface area contributed by atoms with Crippen LogP contribution in [0.3, 0.4) is 0 Å². The van der Waals surface area contributed by atoms with Gasteiger partial charge in [0.2, 0.25) is 5.95 Å². The summed E-state index contributed by atoms with van der Waals surface area (Å²) in [5, 5.41) is 3.44. The Labute approximate surface area is 85.5 Å². The van der Waals surface area contributed by atoms with E-state index in [-0.39, 0.29) is 0 Å². The first-order valence-electron chi connectivity index (χ1n) is 5.47. The molecule has 2 rings (SSSR count). The van der Waals surface area contributed by atoms with Gasteiger partial charge in [0.1, 0.15) is 0 Å². The van der Waals surface area contributed by atoms with Crippen LogP contribution in [0.5, 0.6) is 0 Å². The highest BCUT2D eigenvalue weighted by atomic mass is 15.2. The second kappa shape index (κ2) is 3.64. The zero-order valence-electron chi connectivity index (χ0n) is 9.08. The number of aromatic nitrogens is 2. The van der Waals surface area contributed by atoms with Crippen LogP contribution in [0, 0.1) is 5.41 Å². The molecule has 0 amide bonds. The number of nitrogens with one attached hydrogen (secondary N) is 1. The van der Waals surface area contributed by atoms with Gasteiger partial charge in [-0.2, -0.15) is 0 Å². The average molecular weight is 193 g/mol. The number of rotatable bonds is 4. The van der Waals surface area contributed by atoms with Crippen LogP contribution in [0.1, 0.15) is 32.6 Å². The van der Waals surface area contributed by atoms with Gasteiger partial charge in [-0.15, -0.1) is 0 Å². The SMILES string of the molecule is CCC1(CNc2nccn2C)CCC1. The molecule has 1 heterocycles. The Morgan fingerprint density at radius 2 is 2.36 bits per heavy atom. The molecule has 0 atom stereocenters. The van der Waals surface area contributed by atoms with Crippen molar-refractivity contribution < 1.29 is 0 Å². The number of anilines is 1. The van der Waals surface area contributed by atoms with Crippen molar-refractivity contribution in [1.82, 2.24) is 9.55 Å². The summed E-state index contributed by atoms with van der Waals surface area (Å²) in [6.45, 7) is 3.37. The van der Waals surface area contributed by atoms with Crippen molar-refractivity contribution >= 4 is 5.95 Å². The summed E-state index contributed by atoms with van der Waals surface area (Å²) in [4.78, 5) is 4.26. The fourth-order valence-electron chi connectivity index (χ4n) is 2.13. The van der Waals surface area contributed by atoms with Gasteiger partial charge >= 0.3 is 0 Å². The summed E-state index contributed by atoms with van der Waals surface area (Å²) in [5.41, 5.74) is 0.561. The second-order valence-corrected chi connectivity index (χ2v) is 4.42. The minimum Gasteiger partial charge on any atom is -0.355 e. The van der Waals surface area contributed by atoms with Crippen molar-refractivity contribution in [2.24, 2.45) is 12.5 Å². The molecule has 3 heteroatoms.